The Morgan fingerprint density at radius 2 is 1.81 bits per heavy atom. The van der Waals surface area contributed by atoms with Gasteiger partial charge < -0.3 is 19.9 Å². The molecule has 1 aromatic heterocycles. The Hall–Kier alpha value is -4.02. The predicted octanol–water partition coefficient (Wildman–Crippen LogP) is 10.8. The van der Waals surface area contributed by atoms with E-state index in [0.29, 0.717) is 36.8 Å². The molecule has 0 amide bonds. The monoisotopic (exact) mass is 721 g/mol. The molecule has 7 nitrogen and oxygen atoms in total. The molecule has 4 rings (SSSR count). The molecule has 0 spiro atoms. The first-order valence-corrected chi connectivity index (χ1v) is 18.5. The highest BCUT2D eigenvalue weighted by Crippen LogP contribution is 2.44. The highest BCUT2D eigenvalue weighted by atomic mass is 19.4. The van der Waals surface area contributed by atoms with Gasteiger partial charge in [-0.25, -0.2) is 10.0 Å². The molecule has 3 aromatic rings. The third-order valence-corrected chi connectivity index (χ3v) is 9.73. The van der Waals surface area contributed by atoms with Crippen LogP contribution in [0, 0.1) is 5.92 Å². The molecule has 2 unspecified atom stereocenters. The third-order valence-electron chi connectivity index (χ3n) is 9.73. The van der Waals surface area contributed by atoms with Crippen molar-refractivity contribution in [2.24, 2.45) is 5.92 Å². The second-order valence-corrected chi connectivity index (χ2v) is 14.3. The third kappa shape index (κ3) is 11.5. The summed E-state index contributed by atoms with van der Waals surface area (Å²) in [6, 6.07) is 14.5. The first-order valence-electron chi connectivity index (χ1n) is 18.5. The van der Waals surface area contributed by atoms with Crippen molar-refractivity contribution < 1.29 is 22.7 Å². The fourth-order valence-electron chi connectivity index (χ4n) is 6.93. The molecule has 2 atom stereocenters. The number of anilines is 4. The molecule has 1 saturated heterocycles. The second kappa shape index (κ2) is 19.2. The van der Waals surface area contributed by atoms with E-state index >= 15 is 0 Å². The van der Waals surface area contributed by atoms with E-state index < -0.39 is 17.8 Å². The summed E-state index contributed by atoms with van der Waals surface area (Å²) < 4.78 is 48.7. The Labute approximate surface area is 309 Å². The number of hydrogen-bond acceptors (Lipinski definition) is 7. The number of hydroxylamine groups is 1. The number of aromatic nitrogens is 1. The molecule has 0 bridgehead atoms. The number of nitrogens with zero attached hydrogens (tertiary/aromatic N) is 4. The molecule has 1 aliphatic rings. The Morgan fingerprint density at radius 3 is 2.50 bits per heavy atom. The lowest BCUT2D eigenvalue weighted by Gasteiger charge is -2.28. The van der Waals surface area contributed by atoms with Crippen molar-refractivity contribution in [1.29, 1.82) is 0 Å². The molecule has 1 aliphatic heterocycles. The minimum Gasteiger partial charge on any atom is -0.496 e. The van der Waals surface area contributed by atoms with Crippen molar-refractivity contribution >= 4 is 22.9 Å². The van der Waals surface area contributed by atoms with Crippen molar-refractivity contribution in [3.8, 4) is 5.75 Å². The number of halogens is 3. The van der Waals surface area contributed by atoms with Crippen LogP contribution in [0.2, 0.25) is 0 Å². The summed E-state index contributed by atoms with van der Waals surface area (Å²) in [4.78, 5) is 14.4. The molecular formula is C42H58F3N5O2. The summed E-state index contributed by atoms with van der Waals surface area (Å²) in [5, 5.41) is 4.58. The maximum Gasteiger partial charge on any atom is 0.419 e. The molecule has 1 N–H and O–H groups in total. The fraction of sp³-hybridized carbons (Fsp3) is 0.500. The van der Waals surface area contributed by atoms with Gasteiger partial charge >= 0.3 is 6.18 Å². The molecule has 0 aliphatic carbocycles. The minimum absolute atomic E-state index is 0.0866. The van der Waals surface area contributed by atoms with Gasteiger partial charge in [0.15, 0.2) is 0 Å². The molecule has 0 radical (unpaired) electrons. The van der Waals surface area contributed by atoms with Crippen molar-refractivity contribution in [1.82, 2.24) is 9.88 Å². The second-order valence-electron chi connectivity index (χ2n) is 14.3. The largest absolute Gasteiger partial charge is 0.496 e. The van der Waals surface area contributed by atoms with Gasteiger partial charge in [-0.2, -0.15) is 13.2 Å². The first kappa shape index (κ1) is 40.7. The van der Waals surface area contributed by atoms with Gasteiger partial charge in [0, 0.05) is 56.8 Å². The van der Waals surface area contributed by atoms with E-state index in [4.69, 9.17) is 9.57 Å². The highest BCUT2D eigenvalue weighted by Gasteiger charge is 2.39. The quantitative estimate of drug-likeness (QED) is 0.117. The molecular weight excluding hydrogens is 663 g/mol. The van der Waals surface area contributed by atoms with Gasteiger partial charge in [0.25, 0.3) is 0 Å². The van der Waals surface area contributed by atoms with Gasteiger partial charge in [-0.15, -0.1) is 0 Å². The first-order chi connectivity index (χ1) is 24.8. The van der Waals surface area contributed by atoms with Gasteiger partial charge in [0.2, 0.25) is 0 Å². The standard InChI is InChI=1S/C42H58F3N5O2/c1-9-12-32(24-31(4)19-22-49(7)21-10-2)16-15-30(3)25-34-17-18-35(27-40(34)51-8)47-41-28-39(37(29-46-41)42(43,44)45)50-38(20-23-52-50)33-13-11-14-36(26-33)48(5)6/h11,13-14,17-18,26-29,32,38H,3-4,9-10,12,15-16,19-25H2,1-2,5-8H3,(H,46,47). The number of ether oxygens (including phenoxy) is 1. The summed E-state index contributed by atoms with van der Waals surface area (Å²) in [7, 11) is 7.66. The molecule has 52 heavy (non-hydrogen) atoms. The maximum atomic E-state index is 14.3. The van der Waals surface area contributed by atoms with Crippen LogP contribution in [-0.4, -0.2) is 57.8 Å². The lowest BCUT2D eigenvalue weighted by molar-refractivity contribution is -0.137. The normalized spacial score (nSPS) is 15.2. The van der Waals surface area contributed by atoms with Crippen molar-refractivity contribution in [3.63, 3.8) is 0 Å². The van der Waals surface area contributed by atoms with Gasteiger partial charge in [0.1, 0.15) is 11.6 Å². The zero-order valence-electron chi connectivity index (χ0n) is 32.0. The van der Waals surface area contributed by atoms with Crippen LogP contribution in [0.25, 0.3) is 0 Å². The smallest absolute Gasteiger partial charge is 0.419 e. The van der Waals surface area contributed by atoms with E-state index in [0.717, 1.165) is 80.2 Å². The van der Waals surface area contributed by atoms with Crippen LogP contribution in [0.3, 0.4) is 0 Å². The average molecular weight is 722 g/mol. The van der Waals surface area contributed by atoms with Crippen LogP contribution < -0.4 is 20.0 Å². The summed E-state index contributed by atoms with van der Waals surface area (Å²) in [6.07, 6.45) is 5.05. The molecule has 284 valence electrons. The summed E-state index contributed by atoms with van der Waals surface area (Å²) >= 11 is 0. The molecule has 0 saturated carbocycles. The number of alkyl halides is 3. The maximum absolute atomic E-state index is 14.3. The Balaban J connectivity index is 1.45. The van der Waals surface area contributed by atoms with Crippen LogP contribution in [-0.2, 0) is 17.4 Å². The van der Waals surface area contributed by atoms with Crippen LogP contribution >= 0.6 is 0 Å². The molecule has 1 fully saturated rings. The van der Waals surface area contributed by atoms with Crippen molar-refractivity contribution in [3.05, 3.63) is 95.7 Å². The number of nitrogens with one attached hydrogen (secondary N) is 1. The predicted molar refractivity (Wildman–Crippen MR) is 209 cm³/mol. The fourth-order valence-corrected chi connectivity index (χ4v) is 6.93. The Bertz CT molecular complexity index is 1630. The van der Waals surface area contributed by atoms with E-state index in [1.807, 2.05) is 61.5 Å². The molecule has 2 heterocycles. The van der Waals surface area contributed by atoms with Crippen LogP contribution in [0.5, 0.6) is 5.75 Å². The number of allylic oxidation sites excluding steroid dienone is 1. The van der Waals surface area contributed by atoms with Gasteiger partial charge in [-0.1, -0.05) is 69.2 Å². The summed E-state index contributed by atoms with van der Waals surface area (Å²) in [5.74, 6) is 1.53. The van der Waals surface area contributed by atoms with Gasteiger partial charge in [0.05, 0.1) is 31.0 Å². The summed E-state index contributed by atoms with van der Waals surface area (Å²) in [5.41, 5.74) is 5.01. The number of benzene rings is 2. The Kier molecular flexibility index (Phi) is 15.0. The van der Waals surface area contributed by atoms with Crippen molar-refractivity contribution in [2.75, 3.05) is 63.2 Å². The van der Waals surface area contributed by atoms with Gasteiger partial charge in [-0.05, 0) is 87.4 Å². The van der Waals surface area contributed by atoms with E-state index in [2.05, 4.69) is 49.3 Å². The van der Waals surface area contributed by atoms with Crippen molar-refractivity contribution in [2.45, 2.75) is 83.9 Å². The van der Waals surface area contributed by atoms with Gasteiger partial charge in [-0.3, -0.25) is 4.84 Å². The number of rotatable bonds is 20. The zero-order valence-corrected chi connectivity index (χ0v) is 32.0. The van der Waals surface area contributed by atoms with E-state index in [1.54, 1.807) is 7.11 Å². The SMILES string of the molecule is C=C(CCC(CCC)CC(=C)CCN(C)CCC)Cc1ccc(Nc2cc(N3OCCC3c3cccc(N(C)C)c3)c(C(F)(F)F)cn2)cc1OC. The molecule has 2 aromatic carbocycles. The van der Waals surface area contributed by atoms with Crippen LogP contribution in [0.4, 0.5) is 36.1 Å². The number of methoxy groups -OCH3 is 1. The molecule has 10 heteroatoms. The lowest BCUT2D eigenvalue weighted by atomic mass is 9.88. The van der Waals surface area contributed by atoms with Crippen LogP contribution in [0.15, 0.2) is 79.0 Å². The van der Waals surface area contributed by atoms with E-state index in [1.165, 1.54) is 23.1 Å². The topological polar surface area (TPSA) is 53.1 Å². The Morgan fingerprint density at radius 1 is 1.02 bits per heavy atom. The van der Waals surface area contributed by atoms with E-state index in [9.17, 15) is 13.2 Å². The highest BCUT2D eigenvalue weighted by molar-refractivity contribution is 5.66. The number of hydrogen-bond donors (Lipinski definition) is 1. The average Bonchev–Trinajstić information content (AvgIpc) is 3.60. The zero-order chi connectivity index (χ0) is 37.8. The number of pyridine rings is 1. The van der Waals surface area contributed by atoms with E-state index in [-0.39, 0.29) is 11.5 Å². The lowest BCUT2D eigenvalue weighted by Crippen LogP contribution is -2.25. The summed E-state index contributed by atoms with van der Waals surface area (Å²) in [6.45, 7) is 15.7. The van der Waals surface area contributed by atoms with Crippen LogP contribution in [0.1, 0.15) is 87.9 Å². The minimum atomic E-state index is -4.62.